The highest BCUT2D eigenvalue weighted by Crippen LogP contribution is 2.18. The molecule has 0 radical (unpaired) electrons. The summed E-state index contributed by atoms with van der Waals surface area (Å²) in [5.41, 5.74) is 1.29. The standard InChI is InChI=1S/C20H23BrN2O2S/c1-3-12-23(13-4-2)20(26)25-18-10-8-15(9-11-18)19(24)22-17-7-5-6-16(21)14-17/h5-11,14H,3-4,12-13H2,1-2H3,(H,22,24). The number of benzene rings is 2. The lowest BCUT2D eigenvalue weighted by Gasteiger charge is -2.23. The Morgan fingerprint density at radius 1 is 1.12 bits per heavy atom. The van der Waals surface area contributed by atoms with Crippen molar-refractivity contribution in [3.05, 3.63) is 58.6 Å². The van der Waals surface area contributed by atoms with E-state index in [9.17, 15) is 4.79 Å². The summed E-state index contributed by atoms with van der Waals surface area (Å²) in [6.07, 6.45) is 2.02. The van der Waals surface area contributed by atoms with E-state index in [-0.39, 0.29) is 5.91 Å². The van der Waals surface area contributed by atoms with Crippen molar-refractivity contribution in [2.45, 2.75) is 26.7 Å². The van der Waals surface area contributed by atoms with Gasteiger partial charge in [-0.05, 0) is 67.5 Å². The topological polar surface area (TPSA) is 41.6 Å². The molecule has 0 fully saturated rings. The number of anilines is 1. The van der Waals surface area contributed by atoms with Gasteiger partial charge in [-0.25, -0.2) is 0 Å². The lowest BCUT2D eigenvalue weighted by atomic mass is 10.2. The summed E-state index contributed by atoms with van der Waals surface area (Å²) in [5.74, 6) is 0.460. The second-order valence-electron chi connectivity index (χ2n) is 5.84. The van der Waals surface area contributed by atoms with Gasteiger partial charge in [0.2, 0.25) is 0 Å². The van der Waals surface area contributed by atoms with Crippen molar-refractivity contribution in [3.8, 4) is 5.75 Å². The summed E-state index contributed by atoms with van der Waals surface area (Å²) in [4.78, 5) is 14.4. The van der Waals surface area contributed by atoms with E-state index in [1.165, 1.54) is 0 Å². The van der Waals surface area contributed by atoms with E-state index in [2.05, 4.69) is 40.0 Å². The Kier molecular flexibility index (Phi) is 8.06. The third-order valence-electron chi connectivity index (χ3n) is 3.65. The molecule has 0 bridgehead atoms. The molecule has 4 nitrogen and oxygen atoms in total. The van der Waals surface area contributed by atoms with E-state index in [1.54, 1.807) is 24.3 Å². The van der Waals surface area contributed by atoms with Crippen molar-refractivity contribution >= 4 is 44.9 Å². The van der Waals surface area contributed by atoms with E-state index < -0.39 is 0 Å². The molecule has 1 N–H and O–H groups in total. The van der Waals surface area contributed by atoms with Gasteiger partial charge in [-0.1, -0.05) is 35.8 Å². The van der Waals surface area contributed by atoms with Gasteiger partial charge in [0.25, 0.3) is 11.1 Å². The molecule has 0 aliphatic rings. The van der Waals surface area contributed by atoms with Gasteiger partial charge in [-0.3, -0.25) is 4.79 Å². The Balaban J connectivity index is 1.98. The molecule has 0 aliphatic heterocycles. The molecule has 1 amide bonds. The first-order valence-corrected chi connectivity index (χ1v) is 9.87. The van der Waals surface area contributed by atoms with Crippen LogP contribution in [-0.4, -0.2) is 29.1 Å². The SMILES string of the molecule is CCCN(CCC)C(=S)Oc1ccc(C(=O)Nc2cccc(Br)c2)cc1. The predicted molar refractivity (Wildman–Crippen MR) is 114 cm³/mol. The number of nitrogens with zero attached hydrogens (tertiary/aromatic N) is 1. The number of rotatable bonds is 7. The minimum atomic E-state index is -0.171. The number of halogens is 1. The molecule has 0 saturated carbocycles. The predicted octanol–water partition coefficient (Wildman–Crippen LogP) is 5.49. The van der Waals surface area contributed by atoms with E-state index in [4.69, 9.17) is 17.0 Å². The maximum absolute atomic E-state index is 12.3. The number of hydrogen-bond acceptors (Lipinski definition) is 3. The quantitative estimate of drug-likeness (QED) is 0.585. The van der Waals surface area contributed by atoms with Crippen molar-refractivity contribution in [1.29, 1.82) is 0 Å². The molecule has 0 aliphatic carbocycles. The van der Waals surface area contributed by atoms with Crippen molar-refractivity contribution in [3.63, 3.8) is 0 Å². The van der Waals surface area contributed by atoms with Gasteiger partial charge in [0.05, 0.1) is 0 Å². The zero-order valence-corrected chi connectivity index (χ0v) is 17.4. The van der Waals surface area contributed by atoms with Crippen LogP contribution in [0.2, 0.25) is 0 Å². The summed E-state index contributed by atoms with van der Waals surface area (Å²) >= 11 is 8.78. The third-order valence-corrected chi connectivity index (χ3v) is 4.48. The summed E-state index contributed by atoms with van der Waals surface area (Å²) in [7, 11) is 0. The van der Waals surface area contributed by atoms with E-state index >= 15 is 0 Å². The fourth-order valence-electron chi connectivity index (χ4n) is 2.44. The number of ether oxygens (including phenoxy) is 1. The molecule has 26 heavy (non-hydrogen) atoms. The van der Waals surface area contributed by atoms with Crippen LogP contribution in [0.3, 0.4) is 0 Å². The van der Waals surface area contributed by atoms with Crippen LogP contribution in [0.4, 0.5) is 5.69 Å². The highest BCUT2D eigenvalue weighted by molar-refractivity contribution is 9.10. The lowest BCUT2D eigenvalue weighted by Crippen LogP contribution is -2.34. The number of carbonyl (C=O) groups excluding carboxylic acids is 1. The van der Waals surface area contributed by atoms with Gasteiger partial charge in [0, 0.05) is 28.8 Å². The first-order valence-electron chi connectivity index (χ1n) is 8.67. The number of carbonyl (C=O) groups is 1. The zero-order chi connectivity index (χ0) is 18.9. The van der Waals surface area contributed by atoms with Crippen LogP contribution >= 0.6 is 28.1 Å². The molecular weight excluding hydrogens is 412 g/mol. The molecule has 6 heteroatoms. The van der Waals surface area contributed by atoms with E-state index in [1.807, 2.05) is 24.3 Å². The number of nitrogens with one attached hydrogen (secondary N) is 1. The highest BCUT2D eigenvalue weighted by atomic mass is 79.9. The summed E-state index contributed by atoms with van der Waals surface area (Å²) in [6.45, 7) is 5.98. The van der Waals surface area contributed by atoms with Gasteiger partial charge in [0.15, 0.2) is 0 Å². The molecule has 138 valence electrons. The Labute approximate surface area is 168 Å². The van der Waals surface area contributed by atoms with Gasteiger partial charge in [0.1, 0.15) is 5.75 Å². The number of hydrogen-bond donors (Lipinski definition) is 1. The van der Waals surface area contributed by atoms with Gasteiger partial charge in [-0.2, -0.15) is 0 Å². The van der Waals surface area contributed by atoms with Crippen LogP contribution in [0.1, 0.15) is 37.0 Å². The lowest BCUT2D eigenvalue weighted by molar-refractivity contribution is 0.102. The van der Waals surface area contributed by atoms with E-state index in [0.717, 1.165) is 36.1 Å². The molecule has 2 aromatic carbocycles. The number of thiocarbonyl (C=S) groups is 1. The fraction of sp³-hybridized carbons (Fsp3) is 0.300. The largest absolute Gasteiger partial charge is 0.432 e. The average Bonchev–Trinajstić information content (AvgIpc) is 2.62. The second kappa shape index (κ2) is 10.3. The monoisotopic (exact) mass is 434 g/mol. The van der Waals surface area contributed by atoms with Gasteiger partial charge < -0.3 is 15.0 Å². The van der Waals surface area contributed by atoms with Gasteiger partial charge >= 0.3 is 0 Å². The number of amides is 1. The molecule has 0 spiro atoms. The minimum absolute atomic E-state index is 0.171. The molecule has 0 heterocycles. The third kappa shape index (κ3) is 6.11. The molecule has 0 atom stereocenters. The Morgan fingerprint density at radius 2 is 1.77 bits per heavy atom. The maximum Gasteiger partial charge on any atom is 0.264 e. The summed E-state index contributed by atoms with van der Waals surface area (Å²) in [5, 5.41) is 3.34. The van der Waals surface area contributed by atoms with Crippen LogP contribution in [0.5, 0.6) is 5.75 Å². The van der Waals surface area contributed by atoms with Crippen LogP contribution in [0.25, 0.3) is 0 Å². The van der Waals surface area contributed by atoms with Crippen LogP contribution in [0.15, 0.2) is 53.0 Å². The van der Waals surface area contributed by atoms with Crippen molar-refractivity contribution in [1.82, 2.24) is 4.90 Å². The molecule has 2 rings (SSSR count). The Bertz CT molecular complexity index is 744. The summed E-state index contributed by atoms with van der Waals surface area (Å²) in [6, 6.07) is 14.5. The van der Waals surface area contributed by atoms with Gasteiger partial charge in [-0.15, -0.1) is 0 Å². The smallest absolute Gasteiger partial charge is 0.264 e. The van der Waals surface area contributed by atoms with Crippen LogP contribution in [-0.2, 0) is 0 Å². The zero-order valence-electron chi connectivity index (χ0n) is 15.0. The minimum Gasteiger partial charge on any atom is -0.432 e. The van der Waals surface area contributed by atoms with Crippen molar-refractivity contribution < 1.29 is 9.53 Å². The Hall–Kier alpha value is -1.92. The first kappa shape index (κ1) is 20.4. The van der Waals surface area contributed by atoms with Crippen molar-refractivity contribution in [2.75, 3.05) is 18.4 Å². The molecule has 0 saturated heterocycles. The second-order valence-corrected chi connectivity index (χ2v) is 7.11. The maximum atomic E-state index is 12.3. The fourth-order valence-corrected chi connectivity index (χ4v) is 3.12. The molecule has 0 unspecified atom stereocenters. The van der Waals surface area contributed by atoms with Crippen LogP contribution in [0, 0.1) is 0 Å². The summed E-state index contributed by atoms with van der Waals surface area (Å²) < 4.78 is 6.68. The molecular formula is C20H23BrN2O2S. The Morgan fingerprint density at radius 3 is 2.35 bits per heavy atom. The average molecular weight is 435 g/mol. The first-order chi connectivity index (χ1) is 12.5. The van der Waals surface area contributed by atoms with E-state index in [0.29, 0.717) is 16.5 Å². The van der Waals surface area contributed by atoms with Crippen molar-refractivity contribution in [2.24, 2.45) is 0 Å². The molecule has 0 aromatic heterocycles. The normalized spacial score (nSPS) is 10.3. The highest BCUT2D eigenvalue weighted by Gasteiger charge is 2.11. The van der Waals surface area contributed by atoms with Crippen LogP contribution < -0.4 is 10.1 Å². The molecule has 2 aromatic rings.